The van der Waals surface area contributed by atoms with Gasteiger partial charge in [-0.15, -0.1) is 0 Å². The lowest BCUT2D eigenvalue weighted by Crippen LogP contribution is -2.07. The number of rotatable bonds is 3. The topological polar surface area (TPSA) is 51.2 Å². The molecule has 1 unspecified atom stereocenters. The zero-order valence-electron chi connectivity index (χ0n) is 9.15. The minimum atomic E-state index is -0.529. The average Bonchev–Trinajstić information content (AvgIpc) is 2.55. The summed E-state index contributed by atoms with van der Waals surface area (Å²) in [4.78, 5) is 0. The molecule has 0 aliphatic carbocycles. The molecule has 16 heavy (non-hydrogen) atoms. The Kier molecular flexibility index (Phi) is 3.19. The highest BCUT2D eigenvalue weighted by molar-refractivity contribution is 6.35. The average molecular weight is 239 g/mol. The van der Waals surface area contributed by atoms with Gasteiger partial charge in [0, 0.05) is 24.2 Å². The summed E-state index contributed by atoms with van der Waals surface area (Å²) in [5, 5.41) is 11.7. The molecule has 0 amide bonds. The highest BCUT2D eigenvalue weighted by Crippen LogP contribution is 2.31. The number of benzene rings is 1. The molecule has 3 N–H and O–H groups in total. The van der Waals surface area contributed by atoms with Gasteiger partial charge in [0.25, 0.3) is 0 Å². The summed E-state index contributed by atoms with van der Waals surface area (Å²) in [6.07, 6.45) is 1.88. The Morgan fingerprint density at radius 1 is 1.50 bits per heavy atom. The van der Waals surface area contributed by atoms with Crippen molar-refractivity contribution >= 4 is 22.5 Å². The minimum absolute atomic E-state index is 0.468. The fourth-order valence-corrected chi connectivity index (χ4v) is 2.33. The van der Waals surface area contributed by atoms with Crippen LogP contribution in [-0.2, 0) is 7.05 Å². The Morgan fingerprint density at radius 3 is 2.94 bits per heavy atom. The third-order valence-electron chi connectivity index (χ3n) is 2.78. The normalized spacial score (nSPS) is 13.2. The van der Waals surface area contributed by atoms with Gasteiger partial charge in [0.05, 0.1) is 16.6 Å². The van der Waals surface area contributed by atoms with Crippen molar-refractivity contribution in [1.82, 2.24) is 4.57 Å². The number of fused-ring (bicyclic) bond motifs is 1. The lowest BCUT2D eigenvalue weighted by atomic mass is 10.0. The molecule has 0 aliphatic rings. The molecule has 1 aromatic carbocycles. The molecular formula is C12H15ClN2O. The number of aromatic nitrogens is 1. The third kappa shape index (κ3) is 1.82. The standard InChI is InChI=1S/C12H15ClN2O/c1-15-7-10(13)8-3-2-4-9(12(8)15)11(16)5-6-14/h2-4,7,11,16H,5-6,14H2,1H3. The fourth-order valence-electron chi connectivity index (χ4n) is 2.03. The molecule has 4 heteroatoms. The summed E-state index contributed by atoms with van der Waals surface area (Å²) in [5.41, 5.74) is 7.33. The van der Waals surface area contributed by atoms with Crippen LogP contribution in [0.15, 0.2) is 24.4 Å². The molecule has 2 aromatic rings. The van der Waals surface area contributed by atoms with Crippen molar-refractivity contribution in [1.29, 1.82) is 0 Å². The maximum absolute atomic E-state index is 10.0. The molecule has 0 fully saturated rings. The molecule has 0 spiro atoms. The Hall–Kier alpha value is -1.03. The Labute approximate surface area is 99.4 Å². The van der Waals surface area contributed by atoms with Crippen LogP contribution in [0.5, 0.6) is 0 Å². The van der Waals surface area contributed by atoms with Gasteiger partial charge in [0.2, 0.25) is 0 Å². The van der Waals surface area contributed by atoms with Crippen molar-refractivity contribution in [3.05, 3.63) is 35.0 Å². The number of hydrogen-bond acceptors (Lipinski definition) is 2. The van der Waals surface area contributed by atoms with E-state index in [1.54, 1.807) is 0 Å². The number of nitrogens with two attached hydrogens (primary N) is 1. The molecule has 86 valence electrons. The maximum Gasteiger partial charge on any atom is 0.0822 e. The van der Waals surface area contributed by atoms with E-state index in [1.807, 2.05) is 36.0 Å². The lowest BCUT2D eigenvalue weighted by Gasteiger charge is -2.12. The number of hydrogen-bond donors (Lipinski definition) is 2. The number of nitrogens with zero attached hydrogens (tertiary/aromatic N) is 1. The van der Waals surface area contributed by atoms with Gasteiger partial charge in [0.1, 0.15) is 0 Å². The summed E-state index contributed by atoms with van der Waals surface area (Å²) in [6, 6.07) is 5.78. The number of aliphatic hydroxyl groups is 1. The largest absolute Gasteiger partial charge is 0.388 e. The van der Waals surface area contributed by atoms with Crippen LogP contribution >= 0.6 is 11.6 Å². The Bertz CT molecular complexity index is 507. The van der Waals surface area contributed by atoms with E-state index in [0.29, 0.717) is 18.0 Å². The summed E-state index contributed by atoms with van der Waals surface area (Å²) >= 11 is 6.10. The zero-order valence-corrected chi connectivity index (χ0v) is 9.91. The van der Waals surface area contributed by atoms with E-state index >= 15 is 0 Å². The number of para-hydroxylation sites is 1. The first kappa shape index (κ1) is 11.5. The molecule has 2 rings (SSSR count). The van der Waals surface area contributed by atoms with E-state index in [-0.39, 0.29) is 0 Å². The first-order valence-corrected chi connectivity index (χ1v) is 5.64. The van der Waals surface area contributed by atoms with Crippen LogP contribution in [0.3, 0.4) is 0 Å². The Balaban J connectivity index is 2.61. The second-order valence-corrected chi connectivity index (χ2v) is 4.33. The van der Waals surface area contributed by atoms with Gasteiger partial charge >= 0.3 is 0 Å². The van der Waals surface area contributed by atoms with Crippen molar-refractivity contribution in [3.8, 4) is 0 Å². The highest BCUT2D eigenvalue weighted by atomic mass is 35.5. The van der Waals surface area contributed by atoms with Gasteiger partial charge in [-0.3, -0.25) is 0 Å². The first-order chi connectivity index (χ1) is 7.65. The lowest BCUT2D eigenvalue weighted by molar-refractivity contribution is 0.171. The van der Waals surface area contributed by atoms with E-state index in [0.717, 1.165) is 16.5 Å². The molecule has 0 aliphatic heterocycles. The SMILES string of the molecule is Cn1cc(Cl)c2cccc(C(O)CCN)c21. The van der Waals surface area contributed by atoms with Crippen LogP contribution in [0.1, 0.15) is 18.1 Å². The minimum Gasteiger partial charge on any atom is -0.388 e. The fraction of sp³-hybridized carbons (Fsp3) is 0.333. The van der Waals surface area contributed by atoms with Crippen LogP contribution in [0.2, 0.25) is 5.02 Å². The molecule has 3 nitrogen and oxygen atoms in total. The highest BCUT2D eigenvalue weighted by Gasteiger charge is 2.14. The van der Waals surface area contributed by atoms with E-state index in [9.17, 15) is 5.11 Å². The third-order valence-corrected chi connectivity index (χ3v) is 3.08. The predicted octanol–water partition coefficient (Wildman–Crippen LogP) is 2.21. The number of aryl methyl sites for hydroxylation is 1. The molecule has 0 saturated carbocycles. The van der Waals surface area contributed by atoms with Crippen molar-refractivity contribution in [2.45, 2.75) is 12.5 Å². The maximum atomic E-state index is 10.0. The van der Waals surface area contributed by atoms with Crippen molar-refractivity contribution in [3.63, 3.8) is 0 Å². The van der Waals surface area contributed by atoms with Crippen molar-refractivity contribution in [2.75, 3.05) is 6.54 Å². The van der Waals surface area contributed by atoms with Crippen LogP contribution < -0.4 is 5.73 Å². The van der Waals surface area contributed by atoms with Crippen LogP contribution in [0.25, 0.3) is 10.9 Å². The summed E-state index contributed by atoms with van der Waals surface area (Å²) < 4.78 is 1.94. The van der Waals surface area contributed by atoms with Gasteiger partial charge in [-0.05, 0) is 13.0 Å². The van der Waals surface area contributed by atoms with Crippen LogP contribution in [-0.4, -0.2) is 16.2 Å². The zero-order chi connectivity index (χ0) is 11.7. The van der Waals surface area contributed by atoms with Crippen molar-refractivity contribution < 1.29 is 5.11 Å². The summed E-state index contributed by atoms with van der Waals surface area (Å²) in [7, 11) is 1.92. The molecule has 1 atom stereocenters. The molecule has 0 saturated heterocycles. The van der Waals surface area contributed by atoms with Gasteiger partial charge in [-0.25, -0.2) is 0 Å². The molecule has 0 bridgehead atoms. The van der Waals surface area contributed by atoms with E-state index in [2.05, 4.69) is 0 Å². The van der Waals surface area contributed by atoms with Crippen LogP contribution in [0.4, 0.5) is 0 Å². The molecule has 0 radical (unpaired) electrons. The van der Waals surface area contributed by atoms with Gasteiger partial charge in [0.15, 0.2) is 0 Å². The van der Waals surface area contributed by atoms with E-state index in [1.165, 1.54) is 0 Å². The van der Waals surface area contributed by atoms with Gasteiger partial charge in [-0.1, -0.05) is 29.8 Å². The van der Waals surface area contributed by atoms with Gasteiger partial charge < -0.3 is 15.4 Å². The predicted molar refractivity (Wildman–Crippen MR) is 66.6 cm³/mol. The molecule has 1 aromatic heterocycles. The van der Waals surface area contributed by atoms with Gasteiger partial charge in [-0.2, -0.15) is 0 Å². The second-order valence-electron chi connectivity index (χ2n) is 3.92. The second kappa shape index (κ2) is 4.45. The molecular weight excluding hydrogens is 224 g/mol. The number of aliphatic hydroxyl groups excluding tert-OH is 1. The monoisotopic (exact) mass is 238 g/mol. The first-order valence-electron chi connectivity index (χ1n) is 5.26. The summed E-state index contributed by atoms with van der Waals surface area (Å²) in [6.45, 7) is 0.468. The molecule has 1 heterocycles. The van der Waals surface area contributed by atoms with Crippen LogP contribution in [0, 0.1) is 0 Å². The van der Waals surface area contributed by atoms with E-state index < -0.39 is 6.10 Å². The number of halogens is 1. The summed E-state index contributed by atoms with van der Waals surface area (Å²) in [5.74, 6) is 0. The quantitative estimate of drug-likeness (QED) is 0.862. The van der Waals surface area contributed by atoms with E-state index in [4.69, 9.17) is 17.3 Å². The smallest absolute Gasteiger partial charge is 0.0822 e. The Morgan fingerprint density at radius 2 is 2.25 bits per heavy atom. The van der Waals surface area contributed by atoms with Crippen molar-refractivity contribution in [2.24, 2.45) is 12.8 Å².